The molecule has 2 rings (SSSR count). The third-order valence-corrected chi connectivity index (χ3v) is 4.66. The molecule has 1 aliphatic heterocycles. The Morgan fingerprint density at radius 2 is 2.07 bits per heavy atom. The lowest BCUT2D eigenvalue weighted by Gasteiger charge is -2.25. The summed E-state index contributed by atoms with van der Waals surface area (Å²) >= 11 is 0. The van der Waals surface area contributed by atoms with E-state index in [1.807, 2.05) is 38.1 Å². The number of rotatable bonds is 9. The first-order valence-corrected chi connectivity index (χ1v) is 9.51. The van der Waals surface area contributed by atoms with E-state index in [-0.39, 0.29) is 42.1 Å². The van der Waals surface area contributed by atoms with E-state index in [1.165, 1.54) is 5.56 Å². The number of hydrogen-bond acceptors (Lipinski definition) is 4. The van der Waals surface area contributed by atoms with E-state index in [2.05, 4.69) is 17.6 Å². The van der Waals surface area contributed by atoms with Crippen LogP contribution in [0.3, 0.4) is 0 Å². The van der Waals surface area contributed by atoms with Gasteiger partial charge in [-0.25, -0.2) is 0 Å². The summed E-state index contributed by atoms with van der Waals surface area (Å²) in [5.74, 6) is 1.65. The Morgan fingerprint density at radius 3 is 2.67 bits per heavy atom. The van der Waals surface area contributed by atoms with Crippen molar-refractivity contribution in [3.05, 3.63) is 29.8 Å². The lowest BCUT2D eigenvalue weighted by molar-refractivity contribution is 0.131. The van der Waals surface area contributed by atoms with Crippen LogP contribution in [0.2, 0.25) is 0 Å². The predicted molar refractivity (Wildman–Crippen MR) is 120 cm³/mol. The molecule has 0 aliphatic carbocycles. The van der Waals surface area contributed by atoms with E-state index < -0.39 is 0 Å². The fourth-order valence-corrected chi connectivity index (χ4v) is 3.01. The minimum atomic E-state index is -0.0406. The summed E-state index contributed by atoms with van der Waals surface area (Å²) < 4.78 is 11.5. The van der Waals surface area contributed by atoms with Crippen molar-refractivity contribution in [2.75, 3.05) is 39.5 Å². The maximum atomic E-state index is 9.34. The standard InChI is InChI=1S/C20H33N3O3.HI/c1-4-21-19(23-14-20(9-11-24)10-12-25-15-20)22-13-17(3)26-18-7-5-16(2)6-8-18;/h5-8,17,24H,4,9-15H2,1-3H3,(H2,21,22,23);1H. The van der Waals surface area contributed by atoms with E-state index in [4.69, 9.17) is 14.5 Å². The van der Waals surface area contributed by atoms with Crippen LogP contribution in [0.25, 0.3) is 0 Å². The molecule has 3 N–H and O–H groups in total. The molecule has 0 aromatic heterocycles. The molecule has 0 spiro atoms. The summed E-state index contributed by atoms with van der Waals surface area (Å²) in [6, 6.07) is 8.07. The van der Waals surface area contributed by atoms with Crippen molar-refractivity contribution in [3.63, 3.8) is 0 Å². The molecule has 0 radical (unpaired) electrons. The molecule has 1 fully saturated rings. The molecule has 1 aromatic carbocycles. The Kier molecular flexibility index (Phi) is 11.0. The molecule has 2 atom stereocenters. The molecule has 1 saturated heterocycles. The molecule has 1 aromatic rings. The average Bonchev–Trinajstić information content (AvgIpc) is 3.08. The number of hydrogen-bond donors (Lipinski definition) is 3. The van der Waals surface area contributed by atoms with Crippen LogP contribution in [0.4, 0.5) is 0 Å². The highest BCUT2D eigenvalue weighted by Crippen LogP contribution is 2.32. The number of aliphatic hydroxyl groups is 1. The first kappa shape index (κ1) is 24.0. The van der Waals surface area contributed by atoms with Gasteiger partial charge in [0, 0.05) is 25.2 Å². The smallest absolute Gasteiger partial charge is 0.191 e. The fraction of sp³-hybridized carbons (Fsp3) is 0.650. The van der Waals surface area contributed by atoms with Gasteiger partial charge in [-0.3, -0.25) is 4.99 Å². The highest BCUT2D eigenvalue weighted by atomic mass is 127. The average molecular weight is 491 g/mol. The molecule has 1 aliphatic rings. The molecule has 2 unspecified atom stereocenters. The summed E-state index contributed by atoms with van der Waals surface area (Å²) in [6.45, 7) is 9.84. The SMILES string of the molecule is CCNC(=NCC1(CCO)CCOC1)NCC(C)Oc1ccc(C)cc1.I. The number of nitrogens with zero attached hydrogens (tertiary/aromatic N) is 1. The zero-order valence-corrected chi connectivity index (χ0v) is 19.0. The second-order valence-electron chi connectivity index (χ2n) is 7.09. The molecule has 27 heavy (non-hydrogen) atoms. The number of aliphatic imine (C=N–C) groups is 1. The Morgan fingerprint density at radius 1 is 1.33 bits per heavy atom. The van der Waals surface area contributed by atoms with Crippen molar-refractivity contribution >= 4 is 29.9 Å². The van der Waals surface area contributed by atoms with E-state index in [0.717, 1.165) is 37.7 Å². The van der Waals surface area contributed by atoms with Crippen molar-refractivity contribution in [2.45, 2.75) is 39.7 Å². The van der Waals surface area contributed by atoms with Gasteiger partial charge >= 0.3 is 0 Å². The Labute approximate surface area is 180 Å². The maximum Gasteiger partial charge on any atom is 0.191 e. The monoisotopic (exact) mass is 491 g/mol. The van der Waals surface area contributed by atoms with Gasteiger partial charge in [0.25, 0.3) is 0 Å². The van der Waals surface area contributed by atoms with Gasteiger partial charge < -0.3 is 25.2 Å². The second-order valence-corrected chi connectivity index (χ2v) is 7.09. The van der Waals surface area contributed by atoms with Crippen LogP contribution in [0.1, 0.15) is 32.3 Å². The van der Waals surface area contributed by atoms with Gasteiger partial charge in [0.05, 0.1) is 19.7 Å². The first-order chi connectivity index (χ1) is 12.6. The fourth-order valence-electron chi connectivity index (χ4n) is 3.01. The van der Waals surface area contributed by atoms with Gasteiger partial charge in [-0.2, -0.15) is 0 Å². The second kappa shape index (κ2) is 12.4. The van der Waals surface area contributed by atoms with E-state index in [0.29, 0.717) is 19.7 Å². The van der Waals surface area contributed by atoms with Crippen molar-refractivity contribution in [2.24, 2.45) is 10.4 Å². The zero-order valence-electron chi connectivity index (χ0n) is 16.7. The van der Waals surface area contributed by atoms with Gasteiger partial charge in [0.1, 0.15) is 11.9 Å². The normalized spacial score (nSPS) is 20.7. The molecular weight excluding hydrogens is 457 g/mol. The minimum absolute atomic E-state index is 0. The summed E-state index contributed by atoms with van der Waals surface area (Å²) in [4.78, 5) is 4.72. The molecule has 0 bridgehead atoms. The van der Waals surface area contributed by atoms with Crippen molar-refractivity contribution in [3.8, 4) is 5.75 Å². The molecular formula is C20H34IN3O3. The van der Waals surface area contributed by atoms with Gasteiger partial charge in [-0.05, 0) is 45.7 Å². The quantitative estimate of drug-likeness (QED) is 0.282. The molecule has 0 amide bonds. The van der Waals surface area contributed by atoms with Gasteiger partial charge in [-0.15, -0.1) is 24.0 Å². The van der Waals surface area contributed by atoms with Crippen LogP contribution in [0, 0.1) is 12.3 Å². The molecule has 154 valence electrons. The van der Waals surface area contributed by atoms with E-state index in [1.54, 1.807) is 0 Å². The maximum absolute atomic E-state index is 9.34. The number of aliphatic hydroxyl groups excluding tert-OH is 1. The first-order valence-electron chi connectivity index (χ1n) is 9.51. The summed E-state index contributed by atoms with van der Waals surface area (Å²) in [5, 5.41) is 16.0. The van der Waals surface area contributed by atoms with Crippen molar-refractivity contribution in [1.82, 2.24) is 10.6 Å². The highest BCUT2D eigenvalue weighted by molar-refractivity contribution is 14.0. The highest BCUT2D eigenvalue weighted by Gasteiger charge is 2.34. The summed E-state index contributed by atoms with van der Waals surface area (Å²) in [7, 11) is 0. The Balaban J connectivity index is 0.00000364. The van der Waals surface area contributed by atoms with Crippen LogP contribution in [-0.2, 0) is 4.74 Å². The van der Waals surface area contributed by atoms with Crippen molar-refractivity contribution in [1.29, 1.82) is 0 Å². The van der Waals surface area contributed by atoms with Crippen LogP contribution < -0.4 is 15.4 Å². The molecule has 7 heteroatoms. The number of aryl methyl sites for hydroxylation is 1. The Hall–Kier alpha value is -1.06. The van der Waals surface area contributed by atoms with Crippen molar-refractivity contribution < 1.29 is 14.6 Å². The van der Waals surface area contributed by atoms with Crippen LogP contribution in [0.5, 0.6) is 5.75 Å². The number of benzene rings is 1. The van der Waals surface area contributed by atoms with Crippen LogP contribution >= 0.6 is 24.0 Å². The van der Waals surface area contributed by atoms with E-state index >= 15 is 0 Å². The lowest BCUT2D eigenvalue weighted by Crippen LogP contribution is -2.42. The molecule has 6 nitrogen and oxygen atoms in total. The molecule has 1 heterocycles. The lowest BCUT2D eigenvalue weighted by atomic mass is 9.84. The number of ether oxygens (including phenoxy) is 2. The van der Waals surface area contributed by atoms with Gasteiger partial charge in [-0.1, -0.05) is 17.7 Å². The Bertz CT molecular complexity index is 560. The zero-order chi connectivity index (χ0) is 18.8. The van der Waals surface area contributed by atoms with Crippen LogP contribution in [-0.4, -0.2) is 56.6 Å². The number of halogens is 1. The van der Waals surface area contributed by atoms with Gasteiger partial charge in [0.2, 0.25) is 0 Å². The van der Waals surface area contributed by atoms with Gasteiger partial charge in [0.15, 0.2) is 5.96 Å². The van der Waals surface area contributed by atoms with E-state index in [9.17, 15) is 5.11 Å². The van der Waals surface area contributed by atoms with Crippen LogP contribution in [0.15, 0.2) is 29.3 Å². The largest absolute Gasteiger partial charge is 0.489 e. The summed E-state index contributed by atoms with van der Waals surface area (Å²) in [5.41, 5.74) is 1.18. The summed E-state index contributed by atoms with van der Waals surface area (Å²) in [6.07, 6.45) is 1.69. The third-order valence-electron chi connectivity index (χ3n) is 4.66. The third kappa shape index (κ3) is 8.23. The number of guanidine groups is 1. The topological polar surface area (TPSA) is 75.1 Å². The number of nitrogens with one attached hydrogen (secondary N) is 2. The predicted octanol–water partition coefficient (Wildman–Crippen LogP) is 2.72. The minimum Gasteiger partial charge on any atom is -0.489 e. The molecule has 0 saturated carbocycles.